The molecule has 1 atom stereocenters. The van der Waals surface area contributed by atoms with Gasteiger partial charge in [-0.2, -0.15) is 0 Å². The van der Waals surface area contributed by atoms with Gasteiger partial charge in [0, 0.05) is 5.56 Å². The monoisotopic (exact) mass is 598 g/mol. The van der Waals surface area contributed by atoms with Crippen LogP contribution in [-0.4, -0.2) is 47.6 Å². The highest BCUT2D eigenvalue weighted by Crippen LogP contribution is 2.30. The van der Waals surface area contributed by atoms with E-state index in [1.807, 2.05) is 30.3 Å². The molecule has 0 heterocycles. The molecule has 1 unspecified atom stereocenters. The Morgan fingerprint density at radius 3 is 1.73 bits per heavy atom. The molecule has 9 heteroatoms. The first-order valence-corrected chi connectivity index (χ1v) is 22.6. The fraction of sp³-hybridized carbons (Fsp3) is 0.419. The molecule has 218 valence electrons. The maximum absolute atomic E-state index is 9.90. The summed E-state index contributed by atoms with van der Waals surface area (Å²) in [7, 11) is -5.28. The van der Waals surface area contributed by atoms with Crippen LogP contribution in [0.4, 0.5) is 0 Å². The number of hydrogen-bond acceptors (Lipinski definition) is 6. The minimum atomic E-state index is -2.70. The first kappa shape index (κ1) is 32.1. The van der Waals surface area contributed by atoms with Crippen LogP contribution >= 0.6 is 0 Å². The van der Waals surface area contributed by atoms with Gasteiger partial charge in [0.2, 0.25) is 0 Å². The van der Waals surface area contributed by atoms with Crippen molar-refractivity contribution in [2.75, 3.05) is 7.11 Å². The van der Waals surface area contributed by atoms with E-state index in [-0.39, 0.29) is 18.1 Å². The highest BCUT2D eigenvalue weighted by atomic mass is 28.5. The third kappa shape index (κ3) is 9.32. The number of aliphatic hydroxyl groups is 1. The number of phenolic OH excluding ortho intramolecular Hbond substituents is 1. The molecule has 0 aliphatic rings. The number of aryl methyl sites for hydroxylation is 2. The summed E-state index contributed by atoms with van der Waals surface area (Å²) >= 11 is 0. The zero-order chi connectivity index (χ0) is 29.4. The number of ether oxygens (including phenoxy) is 1. The number of aliphatic hydroxyl groups excluding tert-OH is 1. The molecule has 6 nitrogen and oxygen atoms in total. The Hall–Kier alpha value is -2.41. The van der Waals surface area contributed by atoms with E-state index in [1.165, 1.54) is 5.19 Å². The van der Waals surface area contributed by atoms with E-state index < -0.39 is 25.2 Å². The lowest BCUT2D eigenvalue weighted by Crippen LogP contribution is -2.61. The Labute approximate surface area is 243 Å². The molecule has 3 rings (SSSR count). The molecule has 0 saturated heterocycles. The zero-order valence-corrected chi connectivity index (χ0v) is 27.9. The van der Waals surface area contributed by atoms with Crippen molar-refractivity contribution in [2.24, 2.45) is 0 Å². The zero-order valence-electron chi connectivity index (χ0n) is 24.9. The maximum atomic E-state index is 9.90. The van der Waals surface area contributed by atoms with Gasteiger partial charge >= 0.3 is 8.56 Å². The number of methoxy groups -OCH3 is 1. The van der Waals surface area contributed by atoms with Crippen molar-refractivity contribution in [1.82, 2.24) is 0 Å². The van der Waals surface area contributed by atoms with Crippen LogP contribution in [0.5, 0.6) is 17.2 Å². The summed E-state index contributed by atoms with van der Waals surface area (Å²) in [6.45, 7) is 11.2. The van der Waals surface area contributed by atoms with Crippen LogP contribution in [0, 0.1) is 0 Å². The van der Waals surface area contributed by atoms with Crippen molar-refractivity contribution in [2.45, 2.75) is 77.1 Å². The summed E-state index contributed by atoms with van der Waals surface area (Å²) in [6.07, 6.45) is 3.75. The van der Waals surface area contributed by atoms with Gasteiger partial charge in [0.25, 0.3) is 0 Å². The normalized spacial score (nSPS) is 13.7. The van der Waals surface area contributed by atoms with E-state index in [0.717, 1.165) is 48.9 Å². The molecule has 40 heavy (non-hydrogen) atoms. The van der Waals surface area contributed by atoms with Gasteiger partial charge in [-0.15, -0.1) is 0 Å². The molecule has 3 N–H and O–H groups in total. The lowest BCUT2D eigenvalue weighted by Gasteiger charge is -2.41. The van der Waals surface area contributed by atoms with Crippen LogP contribution in [-0.2, 0) is 27.7 Å². The Bertz CT molecular complexity index is 1160. The van der Waals surface area contributed by atoms with E-state index in [4.69, 9.17) is 13.0 Å². The average Bonchev–Trinajstić information content (AvgIpc) is 2.90. The summed E-state index contributed by atoms with van der Waals surface area (Å²) in [5.74, 6) is 0.811. The van der Waals surface area contributed by atoms with Crippen molar-refractivity contribution < 1.29 is 28.3 Å². The fourth-order valence-corrected chi connectivity index (χ4v) is 18.9. The van der Waals surface area contributed by atoms with Crippen molar-refractivity contribution in [3.63, 3.8) is 0 Å². The van der Waals surface area contributed by atoms with Crippen LogP contribution in [0.15, 0.2) is 66.7 Å². The molecule has 0 aliphatic carbocycles. The van der Waals surface area contributed by atoms with Gasteiger partial charge in [-0.1, -0.05) is 42.5 Å². The quantitative estimate of drug-likeness (QED) is 0.171. The number of rotatable bonds is 15. The molecule has 3 aromatic carbocycles. The van der Waals surface area contributed by atoms with Gasteiger partial charge < -0.3 is 28.3 Å². The smallest absolute Gasteiger partial charge is 0.348 e. The highest BCUT2D eigenvalue weighted by Gasteiger charge is 2.44. The Balaban J connectivity index is 1.66. The molecular formula is C31H46O6Si3. The fourth-order valence-electron chi connectivity index (χ4n) is 5.27. The number of phenols is 2. The van der Waals surface area contributed by atoms with Crippen molar-refractivity contribution in [3.05, 3.63) is 83.4 Å². The molecule has 0 aromatic heterocycles. The largest absolute Gasteiger partial charge is 0.508 e. The lowest BCUT2D eigenvalue weighted by atomic mass is 10.1. The van der Waals surface area contributed by atoms with Gasteiger partial charge in [0.15, 0.2) is 28.1 Å². The summed E-state index contributed by atoms with van der Waals surface area (Å²) in [5.41, 5.74) is 2.83. The molecule has 3 aromatic rings. The third-order valence-corrected chi connectivity index (χ3v) is 19.3. The number of aromatic hydroxyl groups is 2. The van der Waals surface area contributed by atoms with E-state index in [0.29, 0.717) is 11.3 Å². The molecule has 0 bridgehead atoms. The van der Waals surface area contributed by atoms with E-state index in [2.05, 4.69) is 57.0 Å². The minimum Gasteiger partial charge on any atom is -0.508 e. The summed E-state index contributed by atoms with van der Waals surface area (Å²) < 4.78 is 19.5. The predicted octanol–water partition coefficient (Wildman–Crippen LogP) is 6.59. The van der Waals surface area contributed by atoms with Crippen molar-refractivity contribution >= 4 is 30.4 Å². The van der Waals surface area contributed by atoms with Gasteiger partial charge in [0.05, 0.1) is 13.7 Å². The molecule has 0 amide bonds. The highest BCUT2D eigenvalue weighted by molar-refractivity contribution is 6.94. The molecular weight excluding hydrogens is 553 g/mol. The Morgan fingerprint density at radius 2 is 1.20 bits per heavy atom. The van der Waals surface area contributed by atoms with Gasteiger partial charge in [-0.25, -0.2) is 0 Å². The second kappa shape index (κ2) is 14.0. The summed E-state index contributed by atoms with van der Waals surface area (Å²) in [4.78, 5) is 0. The van der Waals surface area contributed by atoms with E-state index in [1.54, 1.807) is 19.2 Å². The third-order valence-electron chi connectivity index (χ3n) is 7.29. The first-order valence-electron chi connectivity index (χ1n) is 14.1. The van der Waals surface area contributed by atoms with Crippen LogP contribution < -0.4 is 9.92 Å². The van der Waals surface area contributed by atoms with Gasteiger partial charge in [-0.3, -0.25) is 0 Å². The van der Waals surface area contributed by atoms with Gasteiger partial charge in [-0.05, 0) is 111 Å². The predicted molar refractivity (Wildman–Crippen MR) is 170 cm³/mol. The second-order valence-corrected chi connectivity index (χ2v) is 24.0. The Kier molecular flexibility index (Phi) is 11.2. The lowest BCUT2D eigenvalue weighted by molar-refractivity contribution is 0.275. The molecule has 0 radical (unpaired) electrons. The topological polar surface area (TPSA) is 88.4 Å². The summed E-state index contributed by atoms with van der Waals surface area (Å²) in [5, 5.41) is 30.4. The van der Waals surface area contributed by atoms with Gasteiger partial charge in [0.1, 0.15) is 5.75 Å². The molecule has 0 saturated carbocycles. The van der Waals surface area contributed by atoms with E-state index >= 15 is 0 Å². The van der Waals surface area contributed by atoms with Crippen molar-refractivity contribution in [1.29, 1.82) is 0 Å². The Morgan fingerprint density at radius 1 is 0.675 bits per heavy atom. The van der Waals surface area contributed by atoms with Crippen LogP contribution in [0.3, 0.4) is 0 Å². The van der Waals surface area contributed by atoms with Crippen LogP contribution in [0.1, 0.15) is 29.5 Å². The maximum Gasteiger partial charge on any atom is 0.348 e. The van der Waals surface area contributed by atoms with Crippen LogP contribution in [0.25, 0.3) is 0 Å². The standard InChI is InChI=1S/C31H46O6Si3/c1-35-31-23-26(17-19-30(31)34)13-11-21-39(4,5)37-40(6,28-14-8-7-9-15-28)36-38(2,3)20-10-12-25-16-18-29(33)27(22-25)24-32/h7-9,14-19,22-23,32-34H,10-13,20-21,24H2,1-6H3. The first-order chi connectivity index (χ1) is 18.9. The van der Waals surface area contributed by atoms with E-state index in [9.17, 15) is 15.3 Å². The molecule has 0 fully saturated rings. The van der Waals surface area contributed by atoms with Crippen molar-refractivity contribution in [3.8, 4) is 17.2 Å². The molecule has 0 spiro atoms. The summed E-state index contributed by atoms with van der Waals surface area (Å²) in [6, 6.07) is 23.5. The number of benzene rings is 3. The SMILES string of the molecule is COc1cc(CCC[Si](C)(C)O[Si](C)(O[Si](C)(C)CCCc2ccc(O)c(CO)c2)c2ccccc2)ccc1O. The van der Waals surface area contributed by atoms with Crippen LogP contribution in [0.2, 0.25) is 44.8 Å². The minimum absolute atomic E-state index is 0.139. The second-order valence-electron chi connectivity index (χ2n) is 11.9. The average molecular weight is 599 g/mol. The molecule has 0 aliphatic heterocycles. The number of hydrogen-bond donors (Lipinski definition) is 3.